The summed E-state index contributed by atoms with van der Waals surface area (Å²) in [6.07, 6.45) is -3.66. The van der Waals surface area contributed by atoms with Crippen LogP contribution in [0.25, 0.3) is 0 Å². The second-order valence-electron chi connectivity index (χ2n) is 4.39. The van der Waals surface area contributed by atoms with Gasteiger partial charge in [0.25, 0.3) is 0 Å². The maximum absolute atomic E-state index is 12.2. The molecule has 0 heterocycles. The number of ether oxygens (including phenoxy) is 1. The molecule has 0 radical (unpaired) electrons. The number of hydrogen-bond acceptors (Lipinski definition) is 4. The van der Waals surface area contributed by atoms with Gasteiger partial charge < -0.3 is 4.74 Å². The van der Waals surface area contributed by atoms with Crippen LogP contribution in [0.2, 0.25) is 0 Å². The Balaban J connectivity index is 2.74. The van der Waals surface area contributed by atoms with Crippen molar-refractivity contribution in [1.82, 2.24) is 5.43 Å². The van der Waals surface area contributed by atoms with Crippen LogP contribution in [0.4, 0.5) is 13.2 Å². The molecule has 1 aromatic carbocycles. The number of hydrazine groups is 1. The lowest BCUT2D eigenvalue weighted by atomic mass is 10.1. The molecule has 0 aliphatic heterocycles. The van der Waals surface area contributed by atoms with Gasteiger partial charge in [-0.05, 0) is 24.1 Å². The standard InChI is InChI=1S/C13H19F3N2OS/c1-3-9(2)20-8-12(18-17)10-5-4-6-11(7-10)19-13(14,15)16/h4-7,9,12,18H,3,8,17H2,1-2H3. The van der Waals surface area contributed by atoms with Crippen molar-refractivity contribution in [2.45, 2.75) is 37.9 Å². The quantitative estimate of drug-likeness (QED) is 0.596. The summed E-state index contributed by atoms with van der Waals surface area (Å²) >= 11 is 1.72. The van der Waals surface area contributed by atoms with Gasteiger partial charge in [0.05, 0.1) is 6.04 Å². The van der Waals surface area contributed by atoms with Crippen LogP contribution >= 0.6 is 11.8 Å². The maximum atomic E-state index is 12.2. The van der Waals surface area contributed by atoms with Crippen molar-refractivity contribution in [1.29, 1.82) is 0 Å². The third-order valence-corrected chi connectivity index (χ3v) is 4.25. The van der Waals surface area contributed by atoms with Crippen LogP contribution in [-0.2, 0) is 0 Å². The van der Waals surface area contributed by atoms with Crippen molar-refractivity contribution >= 4 is 11.8 Å². The number of hydrogen-bond donors (Lipinski definition) is 2. The minimum Gasteiger partial charge on any atom is -0.406 e. The van der Waals surface area contributed by atoms with E-state index in [1.807, 2.05) is 0 Å². The van der Waals surface area contributed by atoms with Gasteiger partial charge in [0, 0.05) is 11.0 Å². The van der Waals surface area contributed by atoms with E-state index in [4.69, 9.17) is 5.84 Å². The molecule has 2 unspecified atom stereocenters. The lowest BCUT2D eigenvalue weighted by Crippen LogP contribution is -2.30. The van der Waals surface area contributed by atoms with Crippen LogP contribution in [-0.4, -0.2) is 17.4 Å². The molecule has 0 fully saturated rings. The van der Waals surface area contributed by atoms with Crippen molar-refractivity contribution in [2.75, 3.05) is 5.75 Å². The normalized spacial score (nSPS) is 14.9. The van der Waals surface area contributed by atoms with Gasteiger partial charge >= 0.3 is 6.36 Å². The van der Waals surface area contributed by atoms with Crippen molar-refractivity contribution in [2.24, 2.45) is 5.84 Å². The average molecular weight is 308 g/mol. The largest absolute Gasteiger partial charge is 0.573 e. The third kappa shape index (κ3) is 6.02. The second-order valence-corrected chi connectivity index (χ2v) is 5.86. The summed E-state index contributed by atoms with van der Waals surface area (Å²) in [5, 5.41) is 0.473. The van der Waals surface area contributed by atoms with Gasteiger partial charge in [-0.25, -0.2) is 0 Å². The molecule has 0 saturated heterocycles. The number of alkyl halides is 3. The van der Waals surface area contributed by atoms with Crippen molar-refractivity contribution < 1.29 is 17.9 Å². The molecule has 3 nitrogen and oxygen atoms in total. The highest BCUT2D eigenvalue weighted by Crippen LogP contribution is 2.27. The molecule has 0 amide bonds. The SMILES string of the molecule is CCC(C)SCC(NN)c1cccc(OC(F)(F)F)c1. The third-order valence-electron chi connectivity index (χ3n) is 2.82. The molecule has 2 atom stereocenters. The Kier molecular flexibility index (Phi) is 6.64. The molecule has 0 aliphatic rings. The minimum atomic E-state index is -4.68. The van der Waals surface area contributed by atoms with Crippen LogP contribution in [0.3, 0.4) is 0 Å². The highest BCUT2D eigenvalue weighted by Gasteiger charge is 2.31. The fourth-order valence-corrected chi connectivity index (χ4v) is 2.59. The molecule has 0 spiro atoms. The summed E-state index contributed by atoms with van der Waals surface area (Å²) in [6, 6.07) is 5.66. The summed E-state index contributed by atoms with van der Waals surface area (Å²) in [4.78, 5) is 0. The Labute approximate surface area is 121 Å². The predicted octanol–water partition coefficient (Wildman–Crippen LogP) is 3.62. The van der Waals surface area contributed by atoms with Gasteiger partial charge in [-0.3, -0.25) is 11.3 Å². The smallest absolute Gasteiger partial charge is 0.406 e. The summed E-state index contributed by atoms with van der Waals surface area (Å²) < 4.78 is 40.5. The molecular weight excluding hydrogens is 289 g/mol. The van der Waals surface area contributed by atoms with E-state index in [0.717, 1.165) is 6.42 Å². The molecule has 0 aromatic heterocycles. The fraction of sp³-hybridized carbons (Fsp3) is 0.538. The Bertz CT molecular complexity index is 415. The number of nitrogens with one attached hydrogen (secondary N) is 1. The molecule has 3 N–H and O–H groups in total. The maximum Gasteiger partial charge on any atom is 0.573 e. The van der Waals surface area contributed by atoms with E-state index in [0.29, 0.717) is 16.6 Å². The van der Waals surface area contributed by atoms with Crippen LogP contribution in [0.5, 0.6) is 5.75 Å². The minimum absolute atomic E-state index is 0.217. The Hall–Kier alpha value is -0.920. The van der Waals surface area contributed by atoms with E-state index in [2.05, 4.69) is 24.0 Å². The van der Waals surface area contributed by atoms with Gasteiger partial charge in [0.1, 0.15) is 5.75 Å². The van der Waals surface area contributed by atoms with E-state index in [1.54, 1.807) is 17.8 Å². The Morgan fingerprint density at radius 2 is 2.10 bits per heavy atom. The zero-order valence-electron chi connectivity index (χ0n) is 11.4. The summed E-state index contributed by atoms with van der Waals surface area (Å²) in [6.45, 7) is 4.18. The van der Waals surface area contributed by atoms with Crippen molar-refractivity contribution in [3.05, 3.63) is 29.8 Å². The zero-order valence-corrected chi connectivity index (χ0v) is 12.2. The summed E-state index contributed by atoms with van der Waals surface area (Å²) in [7, 11) is 0. The van der Waals surface area contributed by atoms with Crippen molar-refractivity contribution in [3.8, 4) is 5.75 Å². The zero-order chi connectivity index (χ0) is 15.2. The lowest BCUT2D eigenvalue weighted by Gasteiger charge is -2.19. The number of benzene rings is 1. The molecule has 0 saturated carbocycles. The van der Waals surface area contributed by atoms with Gasteiger partial charge in [-0.1, -0.05) is 26.0 Å². The Morgan fingerprint density at radius 3 is 2.65 bits per heavy atom. The number of rotatable bonds is 7. The summed E-state index contributed by atoms with van der Waals surface area (Å²) in [5.74, 6) is 5.93. The van der Waals surface area contributed by atoms with Crippen LogP contribution in [0, 0.1) is 0 Å². The van der Waals surface area contributed by atoms with Crippen LogP contribution in [0.15, 0.2) is 24.3 Å². The first kappa shape index (κ1) is 17.1. The molecule has 0 bridgehead atoms. The number of halogens is 3. The number of thioether (sulfide) groups is 1. The molecular formula is C13H19F3N2OS. The highest BCUT2D eigenvalue weighted by molar-refractivity contribution is 7.99. The average Bonchev–Trinajstić information content (AvgIpc) is 2.37. The van der Waals surface area contributed by atoms with E-state index < -0.39 is 6.36 Å². The van der Waals surface area contributed by atoms with Crippen LogP contribution in [0.1, 0.15) is 31.9 Å². The van der Waals surface area contributed by atoms with Gasteiger partial charge in [0.2, 0.25) is 0 Å². The van der Waals surface area contributed by atoms with E-state index in [-0.39, 0.29) is 11.8 Å². The predicted molar refractivity (Wildman–Crippen MR) is 75.4 cm³/mol. The first-order valence-electron chi connectivity index (χ1n) is 6.29. The Morgan fingerprint density at radius 1 is 1.40 bits per heavy atom. The monoisotopic (exact) mass is 308 g/mol. The van der Waals surface area contributed by atoms with Crippen molar-refractivity contribution in [3.63, 3.8) is 0 Å². The first-order valence-corrected chi connectivity index (χ1v) is 7.34. The van der Waals surface area contributed by atoms with Gasteiger partial charge in [-0.15, -0.1) is 13.2 Å². The first-order chi connectivity index (χ1) is 9.35. The fourth-order valence-electron chi connectivity index (χ4n) is 1.55. The molecule has 0 aliphatic carbocycles. The molecule has 20 heavy (non-hydrogen) atoms. The summed E-state index contributed by atoms with van der Waals surface area (Å²) in [5.41, 5.74) is 3.30. The van der Waals surface area contributed by atoms with Gasteiger partial charge in [-0.2, -0.15) is 11.8 Å². The molecule has 1 aromatic rings. The second kappa shape index (κ2) is 7.75. The van der Waals surface area contributed by atoms with Crippen LogP contribution < -0.4 is 16.0 Å². The lowest BCUT2D eigenvalue weighted by molar-refractivity contribution is -0.274. The van der Waals surface area contributed by atoms with E-state index in [1.165, 1.54) is 18.2 Å². The van der Waals surface area contributed by atoms with Gasteiger partial charge in [0.15, 0.2) is 0 Å². The van der Waals surface area contributed by atoms with E-state index in [9.17, 15) is 13.2 Å². The number of nitrogens with two attached hydrogens (primary N) is 1. The molecule has 114 valence electrons. The molecule has 7 heteroatoms. The molecule has 1 rings (SSSR count). The highest BCUT2D eigenvalue weighted by atomic mass is 32.2. The van der Waals surface area contributed by atoms with E-state index >= 15 is 0 Å². The topological polar surface area (TPSA) is 47.3 Å².